The van der Waals surface area contributed by atoms with Crippen molar-refractivity contribution in [3.8, 4) is 0 Å². The van der Waals surface area contributed by atoms with Gasteiger partial charge in [-0.2, -0.15) is 0 Å². The SMILES string of the molecule is CCC(C)(C)NCC1CNCC12CCC2. The van der Waals surface area contributed by atoms with Crippen molar-refractivity contribution >= 4 is 0 Å². The summed E-state index contributed by atoms with van der Waals surface area (Å²) < 4.78 is 0. The van der Waals surface area contributed by atoms with Crippen molar-refractivity contribution in [1.82, 2.24) is 10.6 Å². The molecule has 1 spiro atoms. The topological polar surface area (TPSA) is 24.1 Å². The molecule has 2 nitrogen and oxygen atoms in total. The lowest BCUT2D eigenvalue weighted by Crippen LogP contribution is -2.47. The zero-order valence-electron chi connectivity index (χ0n) is 10.5. The second-order valence-corrected chi connectivity index (χ2v) is 6.16. The lowest BCUT2D eigenvalue weighted by Gasteiger charge is -2.44. The molecule has 2 N–H and O–H groups in total. The monoisotopic (exact) mass is 210 g/mol. The minimum absolute atomic E-state index is 0.313. The van der Waals surface area contributed by atoms with E-state index in [9.17, 15) is 0 Å². The third-order valence-corrected chi connectivity index (χ3v) is 4.79. The van der Waals surface area contributed by atoms with E-state index in [4.69, 9.17) is 0 Å². The van der Waals surface area contributed by atoms with Crippen LogP contribution in [0.1, 0.15) is 46.5 Å². The van der Waals surface area contributed by atoms with E-state index >= 15 is 0 Å². The summed E-state index contributed by atoms with van der Waals surface area (Å²) in [5.41, 5.74) is 0.990. The molecule has 2 heteroatoms. The van der Waals surface area contributed by atoms with Crippen LogP contribution in [0.3, 0.4) is 0 Å². The van der Waals surface area contributed by atoms with Gasteiger partial charge in [-0.15, -0.1) is 0 Å². The second-order valence-electron chi connectivity index (χ2n) is 6.16. The molecule has 0 radical (unpaired) electrons. The van der Waals surface area contributed by atoms with Crippen molar-refractivity contribution in [3.05, 3.63) is 0 Å². The Hall–Kier alpha value is -0.0800. The van der Waals surface area contributed by atoms with Gasteiger partial charge in [0.1, 0.15) is 0 Å². The Morgan fingerprint density at radius 1 is 1.40 bits per heavy atom. The molecule has 1 unspecified atom stereocenters. The maximum Gasteiger partial charge on any atom is 0.0122 e. The molecular formula is C13H26N2. The van der Waals surface area contributed by atoms with Crippen molar-refractivity contribution in [3.63, 3.8) is 0 Å². The zero-order valence-corrected chi connectivity index (χ0v) is 10.5. The maximum absolute atomic E-state index is 3.73. The minimum Gasteiger partial charge on any atom is -0.316 e. The van der Waals surface area contributed by atoms with Crippen LogP contribution < -0.4 is 10.6 Å². The highest BCUT2D eigenvalue weighted by molar-refractivity contribution is 5.01. The van der Waals surface area contributed by atoms with Crippen LogP contribution in [0, 0.1) is 11.3 Å². The summed E-state index contributed by atoms with van der Waals surface area (Å²) >= 11 is 0. The minimum atomic E-state index is 0.313. The van der Waals surface area contributed by atoms with Gasteiger partial charge in [0, 0.05) is 18.6 Å². The Labute approximate surface area is 94.2 Å². The van der Waals surface area contributed by atoms with Crippen molar-refractivity contribution in [2.45, 2.75) is 52.0 Å². The Kier molecular flexibility index (Phi) is 3.09. The normalized spacial score (nSPS) is 29.4. The molecule has 0 bridgehead atoms. The van der Waals surface area contributed by atoms with Crippen molar-refractivity contribution in [2.24, 2.45) is 11.3 Å². The third-order valence-electron chi connectivity index (χ3n) is 4.79. The van der Waals surface area contributed by atoms with Crippen molar-refractivity contribution in [2.75, 3.05) is 19.6 Å². The molecule has 1 aliphatic carbocycles. The summed E-state index contributed by atoms with van der Waals surface area (Å²) in [6, 6.07) is 0. The predicted octanol–water partition coefficient (Wildman–Crippen LogP) is 2.15. The van der Waals surface area contributed by atoms with Crippen LogP contribution in [0.4, 0.5) is 0 Å². The molecule has 1 aliphatic heterocycles. The highest BCUT2D eigenvalue weighted by atomic mass is 15.0. The first-order chi connectivity index (χ1) is 7.08. The van der Waals surface area contributed by atoms with Crippen molar-refractivity contribution in [1.29, 1.82) is 0 Å². The van der Waals surface area contributed by atoms with Crippen LogP contribution in [0.25, 0.3) is 0 Å². The van der Waals surface area contributed by atoms with E-state index in [1.807, 2.05) is 0 Å². The summed E-state index contributed by atoms with van der Waals surface area (Å²) in [5, 5.41) is 7.31. The lowest BCUT2D eigenvalue weighted by molar-refractivity contribution is 0.0918. The van der Waals surface area contributed by atoms with E-state index in [0.29, 0.717) is 11.0 Å². The van der Waals surface area contributed by atoms with Crippen LogP contribution in [-0.2, 0) is 0 Å². The zero-order chi connectivity index (χ0) is 10.9. The fourth-order valence-electron chi connectivity index (χ4n) is 2.89. The largest absolute Gasteiger partial charge is 0.316 e. The van der Waals surface area contributed by atoms with E-state index in [1.54, 1.807) is 0 Å². The molecule has 1 heterocycles. The van der Waals surface area contributed by atoms with Crippen LogP contribution >= 0.6 is 0 Å². The van der Waals surface area contributed by atoms with Gasteiger partial charge in [-0.25, -0.2) is 0 Å². The van der Waals surface area contributed by atoms with Crippen LogP contribution in [-0.4, -0.2) is 25.2 Å². The molecule has 2 rings (SSSR count). The van der Waals surface area contributed by atoms with Gasteiger partial charge in [0.25, 0.3) is 0 Å². The van der Waals surface area contributed by atoms with E-state index < -0.39 is 0 Å². The molecule has 1 saturated heterocycles. The van der Waals surface area contributed by atoms with Gasteiger partial charge in [0.2, 0.25) is 0 Å². The molecule has 15 heavy (non-hydrogen) atoms. The average molecular weight is 210 g/mol. The molecule has 0 aromatic carbocycles. The lowest BCUT2D eigenvalue weighted by atomic mass is 9.63. The number of nitrogens with one attached hydrogen (secondary N) is 2. The fraction of sp³-hybridized carbons (Fsp3) is 1.00. The standard InChI is InChI=1S/C13H26N2/c1-4-12(2,3)15-9-11-8-14-10-13(11)6-5-7-13/h11,14-15H,4-10H2,1-3H3. The molecular weight excluding hydrogens is 184 g/mol. The predicted molar refractivity (Wildman–Crippen MR) is 65.0 cm³/mol. The van der Waals surface area contributed by atoms with Crippen LogP contribution in [0.2, 0.25) is 0 Å². The van der Waals surface area contributed by atoms with Gasteiger partial charge in [0.15, 0.2) is 0 Å². The van der Waals surface area contributed by atoms with E-state index in [1.165, 1.54) is 45.3 Å². The maximum atomic E-state index is 3.73. The summed E-state index contributed by atoms with van der Waals surface area (Å²) in [4.78, 5) is 0. The van der Waals surface area contributed by atoms with Gasteiger partial charge >= 0.3 is 0 Å². The first-order valence-electron chi connectivity index (χ1n) is 6.54. The molecule has 88 valence electrons. The van der Waals surface area contributed by atoms with Gasteiger partial charge in [-0.05, 0) is 51.0 Å². The Morgan fingerprint density at radius 2 is 2.13 bits per heavy atom. The third kappa shape index (κ3) is 2.21. The molecule has 1 saturated carbocycles. The molecule has 2 aliphatic rings. The van der Waals surface area contributed by atoms with E-state index in [0.717, 1.165) is 5.92 Å². The summed E-state index contributed by atoms with van der Waals surface area (Å²) in [5.74, 6) is 0.872. The number of rotatable bonds is 4. The molecule has 0 amide bonds. The Morgan fingerprint density at radius 3 is 2.67 bits per heavy atom. The smallest absolute Gasteiger partial charge is 0.0122 e. The Balaban J connectivity index is 1.84. The first-order valence-corrected chi connectivity index (χ1v) is 6.54. The van der Waals surface area contributed by atoms with E-state index in [2.05, 4.69) is 31.4 Å². The number of hydrogen-bond donors (Lipinski definition) is 2. The van der Waals surface area contributed by atoms with Gasteiger partial charge < -0.3 is 10.6 Å². The summed E-state index contributed by atoms with van der Waals surface area (Å²) in [7, 11) is 0. The summed E-state index contributed by atoms with van der Waals surface area (Å²) in [6.45, 7) is 10.6. The van der Waals surface area contributed by atoms with Gasteiger partial charge in [-0.1, -0.05) is 13.3 Å². The molecule has 2 fully saturated rings. The number of hydrogen-bond acceptors (Lipinski definition) is 2. The second kappa shape index (κ2) is 4.06. The quantitative estimate of drug-likeness (QED) is 0.743. The fourth-order valence-corrected chi connectivity index (χ4v) is 2.89. The van der Waals surface area contributed by atoms with Gasteiger partial charge in [0.05, 0.1) is 0 Å². The first kappa shape index (κ1) is 11.4. The molecule has 0 aromatic heterocycles. The summed E-state index contributed by atoms with van der Waals surface area (Å²) in [6.07, 6.45) is 5.58. The van der Waals surface area contributed by atoms with E-state index in [-0.39, 0.29) is 0 Å². The highest BCUT2D eigenvalue weighted by Gasteiger charge is 2.46. The van der Waals surface area contributed by atoms with Crippen molar-refractivity contribution < 1.29 is 0 Å². The Bertz CT molecular complexity index is 219. The highest BCUT2D eigenvalue weighted by Crippen LogP contribution is 2.48. The molecule has 1 atom stereocenters. The van der Waals surface area contributed by atoms with Gasteiger partial charge in [-0.3, -0.25) is 0 Å². The molecule has 0 aromatic rings. The van der Waals surface area contributed by atoms with Crippen LogP contribution in [0.15, 0.2) is 0 Å². The average Bonchev–Trinajstić information content (AvgIpc) is 2.58. The van der Waals surface area contributed by atoms with Crippen LogP contribution in [0.5, 0.6) is 0 Å².